The smallest absolute Gasteiger partial charge is 0.224 e. The summed E-state index contributed by atoms with van der Waals surface area (Å²) in [5, 5.41) is 9.02. The molecule has 1 rings (SSSR count). The van der Waals surface area contributed by atoms with Gasteiger partial charge >= 0.3 is 0 Å². The second-order valence-corrected chi connectivity index (χ2v) is 2.11. The fraction of sp³-hybridized carbons (Fsp3) is 0.667. The van der Waals surface area contributed by atoms with Crippen LogP contribution in [0, 0.1) is 6.92 Å². The Morgan fingerprint density at radius 1 is 1.89 bits per heavy atom. The van der Waals surface area contributed by atoms with E-state index < -0.39 is 6.23 Å². The summed E-state index contributed by atoms with van der Waals surface area (Å²) < 4.78 is 0. The van der Waals surface area contributed by atoms with E-state index in [9.17, 15) is 4.79 Å². The molecule has 0 aliphatic carbocycles. The lowest BCUT2D eigenvalue weighted by Gasteiger charge is -2.16. The second-order valence-electron chi connectivity index (χ2n) is 2.11. The van der Waals surface area contributed by atoms with Crippen molar-refractivity contribution in [1.82, 2.24) is 4.90 Å². The van der Waals surface area contributed by atoms with Gasteiger partial charge in [0.05, 0.1) is 0 Å². The summed E-state index contributed by atoms with van der Waals surface area (Å²) in [5.74, 6) is 0.0116. The lowest BCUT2D eigenvalue weighted by molar-refractivity contribution is -0.132. The number of aliphatic hydroxyl groups is 1. The van der Waals surface area contributed by atoms with Crippen molar-refractivity contribution in [3.63, 3.8) is 0 Å². The third-order valence-electron chi connectivity index (χ3n) is 1.54. The maximum Gasteiger partial charge on any atom is 0.224 e. The third kappa shape index (κ3) is 1.05. The first-order chi connectivity index (χ1) is 4.25. The molecule has 1 heterocycles. The first-order valence-electron chi connectivity index (χ1n) is 3.02. The number of likely N-dealkylation sites (tertiary alicyclic amines) is 1. The summed E-state index contributed by atoms with van der Waals surface area (Å²) in [6.07, 6.45) is 0.459. The zero-order chi connectivity index (χ0) is 6.85. The number of rotatable bonds is 1. The zero-order valence-electron chi connectivity index (χ0n) is 5.21. The molecule has 1 aliphatic rings. The maximum atomic E-state index is 10.7. The van der Waals surface area contributed by atoms with Crippen LogP contribution in [0.5, 0.6) is 0 Å². The fourth-order valence-corrected chi connectivity index (χ4v) is 0.992. The quantitative estimate of drug-likeness (QED) is 0.529. The van der Waals surface area contributed by atoms with Crippen LogP contribution in [-0.2, 0) is 4.79 Å². The minimum absolute atomic E-state index is 0.0116. The summed E-state index contributed by atoms with van der Waals surface area (Å²) in [4.78, 5) is 12.1. The van der Waals surface area contributed by atoms with Crippen LogP contribution in [0.25, 0.3) is 0 Å². The Kier molecular flexibility index (Phi) is 1.71. The average molecular weight is 128 g/mol. The van der Waals surface area contributed by atoms with Crippen LogP contribution in [0.1, 0.15) is 12.8 Å². The molecule has 3 heteroatoms. The fourth-order valence-electron chi connectivity index (χ4n) is 0.992. The lowest BCUT2D eigenvalue weighted by Crippen LogP contribution is -2.32. The normalized spacial score (nSPS) is 27.6. The largest absolute Gasteiger partial charge is 0.374 e. The van der Waals surface area contributed by atoms with Crippen LogP contribution in [-0.4, -0.2) is 28.7 Å². The van der Waals surface area contributed by atoms with E-state index >= 15 is 0 Å². The molecule has 0 bridgehead atoms. The molecule has 0 aromatic carbocycles. The number of nitrogens with zero attached hydrogens (tertiary/aromatic N) is 1. The van der Waals surface area contributed by atoms with Crippen molar-refractivity contribution in [1.29, 1.82) is 0 Å². The molecule has 0 aromatic heterocycles. The summed E-state index contributed by atoms with van der Waals surface area (Å²) in [5.41, 5.74) is 0. The molecule has 1 saturated heterocycles. The van der Waals surface area contributed by atoms with Gasteiger partial charge in [0.25, 0.3) is 0 Å². The van der Waals surface area contributed by atoms with Gasteiger partial charge < -0.3 is 10.0 Å². The third-order valence-corrected chi connectivity index (χ3v) is 1.54. The van der Waals surface area contributed by atoms with Gasteiger partial charge in [-0.2, -0.15) is 0 Å². The van der Waals surface area contributed by atoms with Gasteiger partial charge in [-0.05, 0) is 6.92 Å². The number of hydrogen-bond acceptors (Lipinski definition) is 2. The molecule has 1 radical (unpaired) electrons. The zero-order valence-corrected chi connectivity index (χ0v) is 5.21. The predicted octanol–water partition coefficient (Wildman–Crippen LogP) is -0.239. The minimum Gasteiger partial charge on any atom is -0.374 e. The highest BCUT2D eigenvalue weighted by molar-refractivity contribution is 5.78. The molecule has 1 atom stereocenters. The molecule has 1 aliphatic heterocycles. The van der Waals surface area contributed by atoms with E-state index in [-0.39, 0.29) is 5.91 Å². The van der Waals surface area contributed by atoms with Crippen LogP contribution < -0.4 is 0 Å². The number of hydrogen-bond donors (Lipinski definition) is 1. The Bertz CT molecular complexity index is 124. The molecule has 1 unspecified atom stereocenters. The van der Waals surface area contributed by atoms with Crippen LogP contribution >= 0.6 is 0 Å². The molecule has 9 heavy (non-hydrogen) atoms. The second kappa shape index (κ2) is 2.35. The molecule has 3 nitrogen and oxygen atoms in total. The highest BCUT2D eigenvalue weighted by Crippen LogP contribution is 2.14. The van der Waals surface area contributed by atoms with E-state index in [4.69, 9.17) is 5.11 Å². The molecular formula is C6H10NO2. The Morgan fingerprint density at radius 3 is 2.78 bits per heavy atom. The van der Waals surface area contributed by atoms with Crippen molar-refractivity contribution in [3.05, 3.63) is 6.92 Å². The first kappa shape index (κ1) is 6.55. The molecule has 1 N–H and O–H groups in total. The standard InChI is InChI=1S/C6H10NO2/c1-2-7-5(8)3-4-6(7)9/h5,8H,1-4H2. The van der Waals surface area contributed by atoms with Crippen LogP contribution in [0.3, 0.4) is 0 Å². The Labute approximate surface area is 54.3 Å². The first-order valence-corrected chi connectivity index (χ1v) is 3.02. The van der Waals surface area contributed by atoms with Gasteiger partial charge in [0.1, 0.15) is 6.23 Å². The van der Waals surface area contributed by atoms with Gasteiger partial charge in [0, 0.05) is 19.4 Å². The number of amides is 1. The lowest BCUT2D eigenvalue weighted by atomic mass is 10.4. The van der Waals surface area contributed by atoms with E-state index in [0.717, 1.165) is 0 Å². The Balaban J connectivity index is 2.55. The van der Waals surface area contributed by atoms with Crippen molar-refractivity contribution in [2.24, 2.45) is 0 Å². The molecule has 0 spiro atoms. The minimum atomic E-state index is -0.574. The molecular weight excluding hydrogens is 118 g/mol. The average Bonchev–Trinajstić information content (AvgIpc) is 2.12. The van der Waals surface area contributed by atoms with Crippen molar-refractivity contribution >= 4 is 5.91 Å². The van der Waals surface area contributed by atoms with Gasteiger partial charge in [0.15, 0.2) is 0 Å². The molecule has 1 fully saturated rings. The predicted molar refractivity (Wildman–Crippen MR) is 32.3 cm³/mol. The SMILES string of the molecule is [CH2]CN1C(=O)CCC1O. The van der Waals surface area contributed by atoms with Gasteiger partial charge in [-0.15, -0.1) is 0 Å². The summed E-state index contributed by atoms with van der Waals surface area (Å²) >= 11 is 0. The number of aliphatic hydroxyl groups excluding tert-OH is 1. The molecule has 0 saturated carbocycles. The van der Waals surface area contributed by atoms with E-state index in [2.05, 4.69) is 6.92 Å². The van der Waals surface area contributed by atoms with Crippen molar-refractivity contribution in [2.75, 3.05) is 6.54 Å². The van der Waals surface area contributed by atoms with Crippen LogP contribution in [0.15, 0.2) is 0 Å². The van der Waals surface area contributed by atoms with Crippen molar-refractivity contribution < 1.29 is 9.90 Å². The summed E-state index contributed by atoms with van der Waals surface area (Å²) in [6, 6.07) is 0. The highest BCUT2D eigenvalue weighted by atomic mass is 16.3. The van der Waals surface area contributed by atoms with Gasteiger partial charge in [-0.1, -0.05) is 0 Å². The van der Waals surface area contributed by atoms with Crippen LogP contribution in [0.4, 0.5) is 0 Å². The summed E-state index contributed by atoms with van der Waals surface area (Å²) in [7, 11) is 0. The topological polar surface area (TPSA) is 40.5 Å². The number of carbonyl (C=O) groups excluding carboxylic acids is 1. The van der Waals surface area contributed by atoms with E-state index in [1.807, 2.05) is 0 Å². The van der Waals surface area contributed by atoms with Gasteiger partial charge in [-0.3, -0.25) is 4.79 Å². The van der Waals surface area contributed by atoms with Crippen molar-refractivity contribution in [3.8, 4) is 0 Å². The molecule has 1 amide bonds. The van der Waals surface area contributed by atoms with E-state index in [1.54, 1.807) is 0 Å². The Hall–Kier alpha value is -0.570. The van der Waals surface area contributed by atoms with E-state index in [0.29, 0.717) is 19.4 Å². The van der Waals surface area contributed by atoms with Crippen molar-refractivity contribution in [2.45, 2.75) is 19.1 Å². The Morgan fingerprint density at radius 2 is 2.56 bits per heavy atom. The molecule has 51 valence electrons. The maximum absolute atomic E-state index is 10.7. The van der Waals surface area contributed by atoms with Crippen LogP contribution in [0.2, 0.25) is 0 Å². The molecule has 0 aromatic rings. The van der Waals surface area contributed by atoms with Gasteiger partial charge in [0.2, 0.25) is 5.91 Å². The highest BCUT2D eigenvalue weighted by Gasteiger charge is 2.26. The van der Waals surface area contributed by atoms with E-state index in [1.165, 1.54) is 4.90 Å². The number of carbonyl (C=O) groups is 1. The monoisotopic (exact) mass is 128 g/mol. The van der Waals surface area contributed by atoms with Gasteiger partial charge in [-0.25, -0.2) is 0 Å². The summed E-state index contributed by atoms with van der Waals surface area (Å²) in [6.45, 7) is 3.89.